The van der Waals surface area contributed by atoms with Crippen molar-refractivity contribution >= 4 is 0 Å². The molecule has 0 heterocycles. The van der Waals surface area contributed by atoms with Crippen LogP contribution in [0.25, 0.3) is 0 Å². The van der Waals surface area contributed by atoms with Gasteiger partial charge in [-0.2, -0.15) is 0 Å². The molecule has 80 valence electrons. The van der Waals surface area contributed by atoms with Gasteiger partial charge in [0.1, 0.15) is 0 Å². The van der Waals surface area contributed by atoms with Gasteiger partial charge in [-0.1, -0.05) is 0 Å². The topological polar surface area (TPSA) is 23.5 Å². The van der Waals surface area contributed by atoms with E-state index in [1.54, 1.807) is 0 Å². The van der Waals surface area contributed by atoms with Crippen molar-refractivity contribution in [3.63, 3.8) is 0 Å². The highest BCUT2D eigenvalue weighted by atomic mass is 16.3. The average molecular weight is 195 g/mol. The summed E-state index contributed by atoms with van der Waals surface area (Å²) in [5.74, 6) is 2.46. The maximum absolute atomic E-state index is 10.7. The molecule has 4 aliphatic rings. The summed E-state index contributed by atoms with van der Waals surface area (Å²) in [7, 11) is 4.26. The third kappa shape index (κ3) is 1.10. The first-order valence-electron chi connectivity index (χ1n) is 5.97. The first-order chi connectivity index (χ1) is 6.58. The molecule has 4 saturated carbocycles. The first-order valence-corrected chi connectivity index (χ1v) is 5.97. The number of nitrogens with zero attached hydrogens (tertiary/aromatic N) is 1. The third-order valence-corrected chi connectivity index (χ3v) is 4.78. The Morgan fingerprint density at radius 1 is 1.07 bits per heavy atom. The lowest BCUT2D eigenvalue weighted by Gasteiger charge is -2.60. The Kier molecular flexibility index (Phi) is 1.79. The maximum atomic E-state index is 10.7. The maximum Gasteiger partial charge on any atom is 0.0809 e. The van der Waals surface area contributed by atoms with Crippen LogP contribution in [0.3, 0.4) is 0 Å². The molecule has 3 atom stereocenters. The van der Waals surface area contributed by atoms with Crippen LogP contribution in [0.5, 0.6) is 0 Å². The van der Waals surface area contributed by atoms with Crippen molar-refractivity contribution in [1.82, 2.24) is 4.90 Å². The second-order valence-corrected chi connectivity index (χ2v) is 6.12. The van der Waals surface area contributed by atoms with E-state index in [9.17, 15) is 5.11 Å². The van der Waals surface area contributed by atoms with Crippen LogP contribution < -0.4 is 0 Å². The lowest BCUT2D eigenvalue weighted by molar-refractivity contribution is -0.174. The van der Waals surface area contributed by atoms with Gasteiger partial charge >= 0.3 is 0 Å². The largest absolute Gasteiger partial charge is 0.388 e. The number of likely N-dealkylation sites (N-methyl/N-ethyl adjacent to an activating group) is 1. The zero-order chi connectivity index (χ0) is 9.92. The highest BCUT2D eigenvalue weighted by molar-refractivity contribution is 5.10. The van der Waals surface area contributed by atoms with E-state index < -0.39 is 0 Å². The molecule has 4 rings (SSSR count). The summed E-state index contributed by atoms with van der Waals surface area (Å²) in [5, 5.41) is 10.7. The van der Waals surface area contributed by atoms with E-state index in [2.05, 4.69) is 19.0 Å². The molecule has 0 aromatic rings. The molecule has 0 spiro atoms. The molecule has 2 heteroatoms. The first kappa shape index (κ1) is 9.17. The predicted octanol–water partition coefficient (Wildman–Crippen LogP) is 1.49. The average Bonchev–Trinajstić information content (AvgIpc) is 1.97. The lowest BCUT2D eigenvalue weighted by Crippen LogP contribution is -2.64. The van der Waals surface area contributed by atoms with Crippen molar-refractivity contribution in [2.45, 2.75) is 43.7 Å². The SMILES string of the molecule is CN(C)C1C2CC3CC(C2)CC1(O)C3. The molecule has 4 fully saturated rings. The zero-order valence-corrected chi connectivity index (χ0v) is 9.24. The van der Waals surface area contributed by atoms with Gasteiger partial charge in [0.25, 0.3) is 0 Å². The molecule has 0 aromatic carbocycles. The van der Waals surface area contributed by atoms with Crippen LogP contribution in [0, 0.1) is 17.8 Å². The number of aliphatic hydroxyl groups is 1. The van der Waals surface area contributed by atoms with Crippen LogP contribution >= 0.6 is 0 Å². The molecule has 3 unspecified atom stereocenters. The Bertz CT molecular complexity index is 237. The smallest absolute Gasteiger partial charge is 0.0809 e. The van der Waals surface area contributed by atoms with E-state index in [4.69, 9.17) is 0 Å². The van der Waals surface area contributed by atoms with Gasteiger partial charge < -0.3 is 10.0 Å². The predicted molar refractivity (Wildman–Crippen MR) is 56.0 cm³/mol. The fraction of sp³-hybridized carbons (Fsp3) is 1.00. The third-order valence-electron chi connectivity index (χ3n) is 4.78. The molecule has 0 aromatic heterocycles. The van der Waals surface area contributed by atoms with Gasteiger partial charge in [-0.3, -0.25) is 0 Å². The van der Waals surface area contributed by atoms with E-state index >= 15 is 0 Å². The molecule has 4 aliphatic carbocycles. The molecule has 14 heavy (non-hydrogen) atoms. The number of rotatable bonds is 1. The molecule has 0 radical (unpaired) electrons. The Morgan fingerprint density at radius 2 is 1.64 bits per heavy atom. The van der Waals surface area contributed by atoms with Gasteiger partial charge in [0, 0.05) is 6.04 Å². The van der Waals surface area contributed by atoms with Gasteiger partial charge in [-0.25, -0.2) is 0 Å². The van der Waals surface area contributed by atoms with Crippen molar-refractivity contribution in [1.29, 1.82) is 0 Å². The van der Waals surface area contributed by atoms with Crippen molar-refractivity contribution in [2.24, 2.45) is 17.8 Å². The minimum Gasteiger partial charge on any atom is -0.388 e. The van der Waals surface area contributed by atoms with Gasteiger partial charge in [0.15, 0.2) is 0 Å². The molecule has 0 amide bonds. The minimum atomic E-state index is -0.335. The van der Waals surface area contributed by atoms with E-state index in [1.165, 1.54) is 19.3 Å². The van der Waals surface area contributed by atoms with Crippen LogP contribution in [0.1, 0.15) is 32.1 Å². The summed E-state index contributed by atoms with van der Waals surface area (Å²) in [4.78, 5) is 2.27. The van der Waals surface area contributed by atoms with E-state index in [0.29, 0.717) is 6.04 Å². The van der Waals surface area contributed by atoms with Gasteiger partial charge in [0.2, 0.25) is 0 Å². The fourth-order valence-electron chi connectivity index (χ4n) is 4.87. The second-order valence-electron chi connectivity index (χ2n) is 6.12. The highest BCUT2D eigenvalue weighted by Gasteiger charge is 2.56. The van der Waals surface area contributed by atoms with Gasteiger partial charge in [-0.15, -0.1) is 0 Å². The van der Waals surface area contributed by atoms with Crippen LogP contribution in [-0.2, 0) is 0 Å². The van der Waals surface area contributed by atoms with E-state index in [0.717, 1.165) is 30.6 Å². The van der Waals surface area contributed by atoms with Gasteiger partial charge in [0.05, 0.1) is 5.60 Å². The van der Waals surface area contributed by atoms with E-state index in [-0.39, 0.29) is 5.60 Å². The Labute approximate surface area is 86.3 Å². The summed E-state index contributed by atoms with van der Waals surface area (Å²) >= 11 is 0. The quantitative estimate of drug-likeness (QED) is 0.685. The Hall–Kier alpha value is -0.0800. The van der Waals surface area contributed by atoms with Crippen molar-refractivity contribution in [3.8, 4) is 0 Å². The molecule has 0 saturated heterocycles. The standard InChI is InChI=1S/C12H21NO/c1-13(2)11-10-4-8-3-9(5-10)7-12(11,14)6-8/h8-11,14H,3-7H2,1-2H3. The summed E-state index contributed by atoms with van der Waals surface area (Å²) in [5.41, 5.74) is -0.335. The summed E-state index contributed by atoms with van der Waals surface area (Å²) in [6, 6.07) is 0.440. The van der Waals surface area contributed by atoms with Crippen molar-refractivity contribution in [3.05, 3.63) is 0 Å². The van der Waals surface area contributed by atoms with E-state index in [1.807, 2.05) is 0 Å². The summed E-state index contributed by atoms with van der Waals surface area (Å²) in [6.45, 7) is 0. The fourth-order valence-corrected chi connectivity index (χ4v) is 4.87. The summed E-state index contributed by atoms with van der Waals surface area (Å²) < 4.78 is 0. The van der Waals surface area contributed by atoms with Crippen molar-refractivity contribution < 1.29 is 5.11 Å². The Morgan fingerprint density at radius 3 is 2.07 bits per heavy atom. The monoisotopic (exact) mass is 195 g/mol. The Balaban J connectivity index is 1.94. The van der Waals surface area contributed by atoms with Crippen LogP contribution in [-0.4, -0.2) is 35.7 Å². The molecule has 1 N–H and O–H groups in total. The number of hydrogen-bond donors (Lipinski definition) is 1. The lowest BCUT2D eigenvalue weighted by atomic mass is 9.52. The minimum absolute atomic E-state index is 0.335. The molecule has 0 aliphatic heterocycles. The molecule has 2 nitrogen and oxygen atoms in total. The second kappa shape index (κ2) is 2.73. The van der Waals surface area contributed by atoms with Crippen LogP contribution in [0.15, 0.2) is 0 Å². The zero-order valence-electron chi connectivity index (χ0n) is 9.24. The molecular weight excluding hydrogens is 174 g/mol. The van der Waals surface area contributed by atoms with Gasteiger partial charge in [-0.05, 0) is 64.0 Å². The molecule has 4 bridgehead atoms. The van der Waals surface area contributed by atoms with Crippen LogP contribution in [0.4, 0.5) is 0 Å². The van der Waals surface area contributed by atoms with Crippen LogP contribution in [0.2, 0.25) is 0 Å². The molecular formula is C12H21NO. The number of hydrogen-bond acceptors (Lipinski definition) is 2. The summed E-state index contributed by atoms with van der Waals surface area (Å²) in [6.07, 6.45) is 6.30. The normalized spacial score (nSPS) is 55.7. The van der Waals surface area contributed by atoms with Crippen molar-refractivity contribution in [2.75, 3.05) is 14.1 Å². The highest BCUT2D eigenvalue weighted by Crippen LogP contribution is 2.56.